The Balaban J connectivity index is 1.66. The highest BCUT2D eigenvalue weighted by Crippen LogP contribution is 2.75. The summed E-state index contributed by atoms with van der Waals surface area (Å²) in [5.74, 6) is -1.30. The van der Waals surface area contributed by atoms with Gasteiger partial charge in [-0.25, -0.2) is 0 Å². The van der Waals surface area contributed by atoms with Gasteiger partial charge in [-0.05, 0) is 86.5 Å². The number of esters is 1. The molecule has 0 aromatic rings. The minimum absolute atomic E-state index is 0.0148. The van der Waals surface area contributed by atoms with Crippen molar-refractivity contribution in [3.63, 3.8) is 0 Å². The number of ketones is 2. The minimum atomic E-state index is -1.63. The Hall–Kier alpha value is -2.02. The van der Waals surface area contributed by atoms with E-state index in [1.165, 1.54) is 7.11 Å². The summed E-state index contributed by atoms with van der Waals surface area (Å²) in [5, 5.41) is 0. The van der Waals surface area contributed by atoms with Gasteiger partial charge in [0, 0.05) is 16.7 Å². The van der Waals surface area contributed by atoms with Crippen LogP contribution in [0.2, 0.25) is 0 Å². The molecule has 0 spiro atoms. The Morgan fingerprint density at radius 2 is 1.52 bits per heavy atom. The maximum Gasteiger partial charge on any atom is 0.311 e. The molecule has 4 fully saturated rings. The van der Waals surface area contributed by atoms with E-state index in [-0.39, 0.29) is 40.2 Å². The molecule has 7 nitrogen and oxygen atoms in total. The number of rotatable bonds is 2. The molecule has 0 bridgehead atoms. The van der Waals surface area contributed by atoms with Gasteiger partial charge >= 0.3 is 5.97 Å². The summed E-state index contributed by atoms with van der Waals surface area (Å²) in [4.78, 5) is 53.8. The van der Waals surface area contributed by atoms with Gasteiger partial charge in [0.2, 0.25) is 5.60 Å². The summed E-state index contributed by atoms with van der Waals surface area (Å²) in [7, 11) is 1.46. The van der Waals surface area contributed by atoms with Crippen LogP contribution in [0.5, 0.6) is 0 Å². The van der Waals surface area contributed by atoms with E-state index in [4.69, 9.17) is 15.2 Å². The Morgan fingerprint density at radius 3 is 2.12 bits per heavy atom. The lowest BCUT2D eigenvalue weighted by Crippen LogP contribution is -2.66. The second-order valence-electron chi connectivity index (χ2n) is 16.0. The minimum Gasteiger partial charge on any atom is -0.469 e. The van der Waals surface area contributed by atoms with E-state index >= 15 is 0 Å². The molecule has 0 aromatic heterocycles. The smallest absolute Gasteiger partial charge is 0.311 e. The maximum absolute atomic E-state index is 14.3. The first-order chi connectivity index (χ1) is 18.3. The van der Waals surface area contributed by atoms with E-state index in [0.29, 0.717) is 12.8 Å². The zero-order chi connectivity index (χ0) is 29.9. The average Bonchev–Trinajstić information content (AvgIpc) is 3.64. The number of hydrogen-bond donors (Lipinski definition) is 1. The number of epoxide rings is 1. The number of hydrogen-bond acceptors (Lipinski definition) is 6. The molecule has 2 N–H and O–H groups in total. The standard InChI is InChI=1S/C33H49NO6/c1-27(2)12-10-19-20(35)18-22-31(7,30(19,6)17-16-29(5,15-14-27)26(38)39-9)13-11-21-28(3,4)23(36)33(25(34)37)24(40-33)32(21,22)8/h18-19,21,24H,10-17H2,1-9H3,(H2,34,37)/t19?,21-,24+,29-,30+,31+,32-,33-/m0/s1. The van der Waals surface area contributed by atoms with Gasteiger partial charge in [0.15, 0.2) is 11.6 Å². The molecule has 3 saturated carbocycles. The number of allylic oxidation sites excluding steroid dienone is 1. The number of nitrogens with two attached hydrogens (primary N) is 1. The van der Waals surface area contributed by atoms with Crippen molar-refractivity contribution in [2.75, 3.05) is 7.11 Å². The molecule has 1 unspecified atom stereocenters. The van der Waals surface area contributed by atoms with Crippen molar-refractivity contribution in [1.29, 1.82) is 0 Å². The first kappa shape index (κ1) is 29.5. The van der Waals surface area contributed by atoms with Gasteiger partial charge in [-0.2, -0.15) is 0 Å². The van der Waals surface area contributed by atoms with Gasteiger partial charge in [0.1, 0.15) is 6.10 Å². The van der Waals surface area contributed by atoms with Crippen LogP contribution >= 0.6 is 0 Å². The fraction of sp³-hybridized carbons (Fsp3) is 0.818. The monoisotopic (exact) mass is 555 g/mol. The van der Waals surface area contributed by atoms with E-state index in [1.54, 1.807) is 0 Å². The topological polar surface area (TPSA) is 116 Å². The van der Waals surface area contributed by atoms with E-state index in [9.17, 15) is 19.2 Å². The van der Waals surface area contributed by atoms with Gasteiger partial charge in [-0.3, -0.25) is 19.2 Å². The zero-order valence-electron chi connectivity index (χ0n) is 26.0. The number of amides is 1. The molecule has 7 heteroatoms. The molecule has 4 aliphatic carbocycles. The molecule has 8 atom stereocenters. The van der Waals surface area contributed by atoms with Gasteiger partial charge in [0.05, 0.1) is 12.5 Å². The average molecular weight is 556 g/mol. The molecule has 0 aromatic carbocycles. The molecule has 1 saturated heterocycles. The van der Waals surface area contributed by atoms with Gasteiger partial charge in [-0.15, -0.1) is 0 Å². The van der Waals surface area contributed by atoms with Gasteiger partial charge in [-0.1, -0.05) is 54.0 Å². The van der Waals surface area contributed by atoms with Crippen LogP contribution in [0.15, 0.2) is 11.6 Å². The predicted molar refractivity (Wildman–Crippen MR) is 151 cm³/mol. The van der Waals surface area contributed by atoms with Crippen molar-refractivity contribution in [1.82, 2.24) is 0 Å². The Morgan fingerprint density at radius 1 is 0.900 bits per heavy atom. The van der Waals surface area contributed by atoms with Crippen LogP contribution in [0.25, 0.3) is 0 Å². The highest BCUT2D eigenvalue weighted by molar-refractivity contribution is 6.15. The lowest BCUT2D eigenvalue weighted by Gasteiger charge is -2.65. The highest BCUT2D eigenvalue weighted by atomic mass is 16.6. The van der Waals surface area contributed by atoms with Crippen molar-refractivity contribution in [2.45, 2.75) is 118 Å². The lowest BCUT2D eigenvalue weighted by atomic mass is 9.37. The van der Waals surface area contributed by atoms with E-state index < -0.39 is 39.3 Å². The number of ether oxygens (including phenoxy) is 2. The van der Waals surface area contributed by atoms with Gasteiger partial charge in [0.25, 0.3) is 5.91 Å². The number of methoxy groups -OCH3 is 1. The predicted octanol–water partition coefficient (Wildman–Crippen LogP) is 5.33. The molecule has 222 valence electrons. The lowest BCUT2D eigenvalue weighted by molar-refractivity contribution is -0.156. The summed E-state index contributed by atoms with van der Waals surface area (Å²) in [6.45, 7) is 17.0. The van der Waals surface area contributed by atoms with Crippen LogP contribution < -0.4 is 5.73 Å². The molecule has 1 amide bonds. The van der Waals surface area contributed by atoms with E-state index in [0.717, 1.165) is 44.1 Å². The van der Waals surface area contributed by atoms with Crippen molar-refractivity contribution < 1.29 is 28.7 Å². The molecule has 1 aliphatic heterocycles. The van der Waals surface area contributed by atoms with Crippen LogP contribution in [-0.4, -0.2) is 42.3 Å². The number of carbonyl (C=O) groups excluding carboxylic acids is 4. The highest BCUT2D eigenvalue weighted by Gasteiger charge is 2.83. The molecule has 5 aliphatic rings. The van der Waals surface area contributed by atoms with Crippen LogP contribution in [0.1, 0.15) is 107 Å². The summed E-state index contributed by atoms with van der Waals surface area (Å²) < 4.78 is 11.4. The number of primary amides is 1. The summed E-state index contributed by atoms with van der Waals surface area (Å²) in [5.41, 5.74) is 2.23. The maximum atomic E-state index is 14.3. The second kappa shape index (κ2) is 8.52. The normalized spacial score (nSPS) is 47.4. The number of carbonyl (C=O) groups is 4. The zero-order valence-corrected chi connectivity index (χ0v) is 26.0. The van der Waals surface area contributed by atoms with Crippen molar-refractivity contribution in [2.24, 2.45) is 50.1 Å². The fourth-order valence-electron chi connectivity index (χ4n) is 10.0. The number of fused-ring (bicyclic) bond motifs is 7. The third-order valence-corrected chi connectivity index (χ3v) is 13.1. The third-order valence-electron chi connectivity index (χ3n) is 13.1. The Labute approximate surface area is 239 Å². The van der Waals surface area contributed by atoms with Crippen LogP contribution in [0, 0.1) is 44.3 Å². The molecular formula is C33H49NO6. The summed E-state index contributed by atoms with van der Waals surface area (Å²) in [6.07, 6.45) is 7.49. The van der Waals surface area contributed by atoms with Crippen LogP contribution in [0.3, 0.4) is 0 Å². The molecule has 5 rings (SSSR count). The molecule has 0 radical (unpaired) electrons. The summed E-state index contributed by atoms with van der Waals surface area (Å²) in [6, 6.07) is 0. The first-order valence-electron chi connectivity index (χ1n) is 15.2. The first-order valence-corrected chi connectivity index (χ1v) is 15.2. The van der Waals surface area contributed by atoms with E-state index in [1.807, 2.05) is 26.8 Å². The van der Waals surface area contributed by atoms with E-state index in [2.05, 4.69) is 34.6 Å². The van der Waals surface area contributed by atoms with Crippen LogP contribution in [-0.2, 0) is 28.7 Å². The number of Topliss-reactive ketones (excluding diaryl/α,β-unsaturated/α-hetero) is 1. The van der Waals surface area contributed by atoms with Crippen molar-refractivity contribution >= 4 is 23.4 Å². The second-order valence-corrected chi connectivity index (χ2v) is 16.0. The Bertz CT molecular complexity index is 1220. The summed E-state index contributed by atoms with van der Waals surface area (Å²) >= 11 is 0. The molecule has 40 heavy (non-hydrogen) atoms. The molecular weight excluding hydrogens is 506 g/mol. The Kier molecular flexibility index (Phi) is 6.27. The quantitative estimate of drug-likeness (QED) is 0.280. The molecule has 1 heterocycles. The fourth-order valence-corrected chi connectivity index (χ4v) is 10.0. The SMILES string of the molecule is COC(=O)[C@@]1(C)CCC(C)(C)CCC2C(=O)C=C3[C@]4(C)[C@@H](CC[C@@]3(C)[C@]2(C)CC1)C(C)(C)C(=O)[C@]1(C(N)=O)O[C@@H]14. The third kappa shape index (κ3) is 3.51. The van der Waals surface area contributed by atoms with Crippen molar-refractivity contribution in [3.05, 3.63) is 11.6 Å². The van der Waals surface area contributed by atoms with Crippen LogP contribution in [0.4, 0.5) is 0 Å². The van der Waals surface area contributed by atoms with Gasteiger partial charge < -0.3 is 15.2 Å². The largest absolute Gasteiger partial charge is 0.469 e. The van der Waals surface area contributed by atoms with Crippen molar-refractivity contribution in [3.8, 4) is 0 Å².